The normalized spacial score (nSPS) is 13.7. The summed E-state index contributed by atoms with van der Waals surface area (Å²) in [5.74, 6) is -1.10. The molecule has 0 unspecified atom stereocenters. The highest BCUT2D eigenvalue weighted by atomic mass is 35.5. The smallest absolute Gasteiger partial charge is 0.282 e. The summed E-state index contributed by atoms with van der Waals surface area (Å²) >= 11 is 25.3. The topological polar surface area (TPSA) is 144 Å². The van der Waals surface area contributed by atoms with Gasteiger partial charge in [0.1, 0.15) is 23.0 Å². The average Bonchev–Trinajstić information content (AvgIpc) is 3.94. The summed E-state index contributed by atoms with van der Waals surface area (Å²) in [6.45, 7) is 0. The number of hydrogen-bond donors (Lipinski definition) is 2. The summed E-state index contributed by atoms with van der Waals surface area (Å²) < 4.78 is 102. The molecule has 0 saturated heterocycles. The number of nitrogens with zero attached hydrogens (tertiary/aromatic N) is 4. The van der Waals surface area contributed by atoms with Gasteiger partial charge in [0.05, 0.1) is 42.6 Å². The monoisotopic (exact) mass is 930 g/mol. The summed E-state index contributed by atoms with van der Waals surface area (Å²) in [5.41, 5.74) is 5.71. The highest BCUT2D eigenvalue weighted by molar-refractivity contribution is 7.86. The van der Waals surface area contributed by atoms with Gasteiger partial charge in [-0.25, -0.2) is 18.1 Å². The number of fused-ring (bicyclic) bond motifs is 6. The van der Waals surface area contributed by atoms with Crippen LogP contribution in [0.15, 0.2) is 94.7 Å². The summed E-state index contributed by atoms with van der Waals surface area (Å²) in [4.78, 5) is -0.537. The molecule has 2 N–H and O–H groups in total. The third kappa shape index (κ3) is 8.19. The Morgan fingerprint density at radius 2 is 1.00 bits per heavy atom. The molecule has 8 rings (SSSR count). The van der Waals surface area contributed by atoms with Gasteiger partial charge in [0.15, 0.2) is 0 Å². The van der Waals surface area contributed by atoms with Gasteiger partial charge in [-0.15, -0.1) is 0 Å². The molecule has 310 valence electrons. The predicted molar refractivity (Wildman–Crippen MR) is 229 cm³/mol. The Morgan fingerprint density at radius 1 is 0.600 bits per heavy atom. The highest BCUT2D eigenvalue weighted by Crippen LogP contribution is 2.45. The maximum atomic E-state index is 15.9. The fourth-order valence-corrected chi connectivity index (χ4v) is 9.76. The molecule has 2 aliphatic carbocycles. The van der Waals surface area contributed by atoms with Crippen molar-refractivity contribution in [2.24, 2.45) is 0 Å². The van der Waals surface area contributed by atoms with Crippen LogP contribution in [-0.2, 0) is 33.1 Å². The first-order chi connectivity index (χ1) is 28.5. The molecule has 18 heteroatoms. The van der Waals surface area contributed by atoms with Crippen LogP contribution in [0.1, 0.15) is 72.2 Å². The molecule has 0 spiro atoms. The first-order valence-corrected chi connectivity index (χ1v) is 23.0. The van der Waals surface area contributed by atoms with E-state index < -0.39 is 31.9 Å². The van der Waals surface area contributed by atoms with Crippen molar-refractivity contribution in [3.63, 3.8) is 0 Å². The third-order valence-corrected chi connectivity index (χ3v) is 13.3. The zero-order valence-electron chi connectivity index (χ0n) is 31.1. The van der Waals surface area contributed by atoms with Crippen molar-refractivity contribution in [2.75, 3.05) is 0 Å². The van der Waals surface area contributed by atoms with Gasteiger partial charge in [-0.3, -0.25) is 9.11 Å². The molecule has 0 fully saturated rings. The molecule has 0 radical (unpaired) electrons. The van der Waals surface area contributed by atoms with Crippen LogP contribution >= 0.6 is 46.4 Å². The minimum atomic E-state index is -4.46. The third-order valence-electron chi connectivity index (χ3n) is 10.5. The number of hydrogen-bond acceptors (Lipinski definition) is 6. The van der Waals surface area contributed by atoms with Crippen molar-refractivity contribution in [1.29, 1.82) is 0 Å². The fourth-order valence-electron chi connectivity index (χ4n) is 7.72. The molecule has 0 aliphatic heterocycles. The van der Waals surface area contributed by atoms with E-state index in [1.54, 1.807) is 48.5 Å². The summed E-state index contributed by atoms with van der Waals surface area (Å²) in [7, 11) is -8.92. The van der Waals surface area contributed by atoms with E-state index in [1.807, 2.05) is 0 Å². The van der Waals surface area contributed by atoms with Crippen LogP contribution in [0.5, 0.6) is 0 Å². The second kappa shape index (κ2) is 16.5. The van der Waals surface area contributed by atoms with E-state index >= 15 is 8.78 Å². The van der Waals surface area contributed by atoms with E-state index in [-0.39, 0.29) is 44.1 Å². The molecular formula is C42H32Cl4F2N4O6S2. The van der Waals surface area contributed by atoms with Crippen LogP contribution in [0.2, 0.25) is 20.1 Å². The molecular weight excluding hydrogens is 900 g/mol. The quantitative estimate of drug-likeness (QED) is 0.0859. The molecule has 0 saturated carbocycles. The van der Waals surface area contributed by atoms with Gasteiger partial charge in [0, 0.05) is 45.1 Å². The molecule has 6 aromatic rings. The Kier molecular flexibility index (Phi) is 11.6. The first-order valence-electron chi connectivity index (χ1n) is 18.6. The van der Waals surface area contributed by atoms with Gasteiger partial charge in [0.25, 0.3) is 20.2 Å². The maximum absolute atomic E-state index is 15.9. The molecule has 10 nitrogen and oxygen atoms in total. The molecule has 2 aromatic heterocycles. The van der Waals surface area contributed by atoms with E-state index in [1.165, 1.54) is 45.8 Å². The molecule has 2 aliphatic rings. The number of halogens is 6. The largest absolute Gasteiger partial charge is 0.294 e. The zero-order chi connectivity index (χ0) is 42.7. The molecule has 2 heterocycles. The van der Waals surface area contributed by atoms with E-state index in [4.69, 9.17) is 46.4 Å². The molecule has 0 atom stereocenters. The van der Waals surface area contributed by atoms with Gasteiger partial charge < -0.3 is 0 Å². The lowest BCUT2D eigenvalue weighted by Gasteiger charge is -2.10. The van der Waals surface area contributed by atoms with Crippen molar-refractivity contribution >= 4 is 78.3 Å². The SMILES string of the molecule is O=S(=O)(O)c1ccc2c(c1)Cc1c(/C(F)=C/CCCCCC/C=C(\F)c3nn(-c4ccc(Cl)cc4Cl)c4c3Cc3cc(S(=O)(=O)O)ccc3-4)nn(-c3ccc(Cl)cc3Cl)c1-2. The van der Waals surface area contributed by atoms with Gasteiger partial charge in [0.2, 0.25) is 0 Å². The first kappa shape index (κ1) is 42.3. The van der Waals surface area contributed by atoms with Gasteiger partial charge in [-0.1, -0.05) is 71.4 Å². The second-order valence-electron chi connectivity index (χ2n) is 14.4. The van der Waals surface area contributed by atoms with Crippen LogP contribution in [-0.4, -0.2) is 45.5 Å². The van der Waals surface area contributed by atoms with Crippen LogP contribution < -0.4 is 0 Å². The Hall–Kier alpha value is -4.38. The number of unbranched alkanes of at least 4 members (excludes halogenated alkanes) is 5. The van der Waals surface area contributed by atoms with Crippen molar-refractivity contribution in [1.82, 2.24) is 19.6 Å². The fraction of sp³-hybridized carbons (Fsp3) is 0.190. The Morgan fingerprint density at radius 3 is 1.37 bits per heavy atom. The van der Waals surface area contributed by atoms with Crippen molar-refractivity contribution < 1.29 is 34.7 Å². The molecule has 0 amide bonds. The Labute approximate surface area is 364 Å². The lowest BCUT2D eigenvalue weighted by molar-refractivity contribution is 0.481. The summed E-state index contributed by atoms with van der Waals surface area (Å²) in [5, 5.41) is 10.6. The standard InChI is InChI=1S/C42H32Cl4F2N4O6S2/c43-25-9-15-37(33(45)21-25)51-41-29-13-11-27(59(53,54)55)17-23(29)19-31(41)39(49-51)35(47)7-5-3-1-2-4-6-8-36(48)40-32-20-24-18-28(60(56,57)58)12-14-30(24)42(32)52(50-40)38-16-10-26(44)22-34(38)46/h7-18,21-22H,1-6,19-20H2,(H,53,54,55)(H,56,57,58)/b35-7-,36-8-. The lowest BCUT2D eigenvalue weighted by atomic mass is 10.1. The number of allylic oxidation sites excluding steroid dienone is 2. The van der Waals surface area contributed by atoms with E-state index in [0.717, 1.165) is 12.8 Å². The van der Waals surface area contributed by atoms with E-state index in [9.17, 15) is 25.9 Å². The Bertz CT molecular complexity index is 2840. The Balaban J connectivity index is 0.944. The van der Waals surface area contributed by atoms with E-state index in [0.29, 0.717) is 91.9 Å². The zero-order valence-corrected chi connectivity index (χ0v) is 35.8. The summed E-state index contributed by atoms with van der Waals surface area (Å²) in [6.07, 6.45) is 6.85. The average molecular weight is 933 g/mol. The number of rotatable bonds is 13. The maximum Gasteiger partial charge on any atom is 0.294 e. The lowest BCUT2D eigenvalue weighted by Crippen LogP contribution is -2.02. The number of aromatic nitrogens is 4. The molecule has 4 aromatic carbocycles. The van der Waals surface area contributed by atoms with E-state index in [2.05, 4.69) is 10.2 Å². The predicted octanol–water partition coefficient (Wildman–Crippen LogP) is 12.0. The van der Waals surface area contributed by atoms with Crippen LogP contribution in [0.4, 0.5) is 8.78 Å². The van der Waals surface area contributed by atoms with Gasteiger partial charge in [-0.05, 0) is 110 Å². The minimum absolute atomic E-state index is 0.0930. The highest BCUT2D eigenvalue weighted by Gasteiger charge is 2.33. The minimum Gasteiger partial charge on any atom is -0.282 e. The van der Waals surface area contributed by atoms with Crippen molar-refractivity contribution in [3.8, 4) is 33.9 Å². The van der Waals surface area contributed by atoms with Gasteiger partial charge in [-0.2, -0.15) is 27.0 Å². The molecule has 60 heavy (non-hydrogen) atoms. The van der Waals surface area contributed by atoms with Crippen molar-refractivity contribution in [2.45, 2.75) is 61.2 Å². The summed E-state index contributed by atoms with van der Waals surface area (Å²) in [6, 6.07) is 18.1. The van der Waals surface area contributed by atoms with Gasteiger partial charge >= 0.3 is 0 Å². The van der Waals surface area contributed by atoms with Crippen LogP contribution in [0, 0.1) is 0 Å². The molecule has 0 bridgehead atoms. The second-order valence-corrected chi connectivity index (χ2v) is 18.9. The van der Waals surface area contributed by atoms with Crippen LogP contribution in [0.3, 0.4) is 0 Å². The number of benzene rings is 4. The van der Waals surface area contributed by atoms with Crippen LogP contribution in [0.25, 0.3) is 45.5 Å². The van der Waals surface area contributed by atoms with Crippen molar-refractivity contribution in [3.05, 3.63) is 139 Å².